The van der Waals surface area contributed by atoms with Crippen molar-refractivity contribution in [2.75, 3.05) is 13.6 Å². The molecule has 1 atom stereocenters. The molecular weight excluding hydrogens is 250 g/mol. The summed E-state index contributed by atoms with van der Waals surface area (Å²) in [6, 6.07) is -1.21. The lowest BCUT2D eigenvalue weighted by Crippen LogP contribution is -2.49. The van der Waals surface area contributed by atoms with Crippen molar-refractivity contribution in [1.29, 1.82) is 0 Å². The number of hydrogen-bond donors (Lipinski definition) is 3. The highest BCUT2D eigenvalue weighted by atomic mass is 16.4. The number of nitrogens with zero attached hydrogens (tertiary/aromatic N) is 1. The van der Waals surface area contributed by atoms with E-state index in [0.29, 0.717) is 12.8 Å². The van der Waals surface area contributed by atoms with E-state index in [1.165, 1.54) is 11.9 Å². The second-order valence-electron chi connectivity index (χ2n) is 4.83. The number of carbonyl (C=O) groups excluding carboxylic acids is 2. The molecular formula is C12H21N3O4. The largest absolute Gasteiger partial charge is 0.480 e. The number of carboxylic acid groups (broad SMARTS) is 1. The molecule has 0 aromatic heterocycles. The van der Waals surface area contributed by atoms with Crippen LogP contribution in [0.2, 0.25) is 0 Å². The van der Waals surface area contributed by atoms with Crippen molar-refractivity contribution in [2.45, 2.75) is 44.7 Å². The average molecular weight is 271 g/mol. The topological polar surface area (TPSA) is 98.7 Å². The third-order valence-electron chi connectivity index (χ3n) is 2.84. The van der Waals surface area contributed by atoms with E-state index in [-0.39, 0.29) is 18.5 Å². The Morgan fingerprint density at radius 2 is 2.00 bits per heavy atom. The Balaban J connectivity index is 2.36. The number of carbonyl (C=O) groups is 3. The maximum absolute atomic E-state index is 11.7. The zero-order valence-corrected chi connectivity index (χ0v) is 11.3. The van der Waals surface area contributed by atoms with Crippen LogP contribution >= 0.6 is 0 Å². The lowest BCUT2D eigenvalue weighted by molar-refractivity contribution is -0.139. The molecule has 7 nitrogen and oxygen atoms in total. The predicted molar refractivity (Wildman–Crippen MR) is 68.7 cm³/mol. The number of rotatable bonds is 7. The maximum Gasteiger partial charge on any atom is 0.326 e. The molecule has 0 spiro atoms. The summed E-state index contributed by atoms with van der Waals surface area (Å²) >= 11 is 0. The van der Waals surface area contributed by atoms with Crippen molar-refractivity contribution < 1.29 is 19.5 Å². The van der Waals surface area contributed by atoms with Crippen LogP contribution in [0.1, 0.15) is 32.6 Å². The Bertz CT molecular complexity index is 355. The summed E-state index contributed by atoms with van der Waals surface area (Å²) in [7, 11) is 1.46. The van der Waals surface area contributed by atoms with E-state index in [4.69, 9.17) is 5.11 Å². The van der Waals surface area contributed by atoms with Crippen LogP contribution in [0.3, 0.4) is 0 Å². The molecule has 1 aliphatic carbocycles. The molecule has 19 heavy (non-hydrogen) atoms. The second kappa shape index (κ2) is 6.96. The lowest BCUT2D eigenvalue weighted by Gasteiger charge is -2.20. The molecule has 0 saturated heterocycles. The van der Waals surface area contributed by atoms with Crippen LogP contribution in [-0.2, 0) is 9.59 Å². The third-order valence-corrected chi connectivity index (χ3v) is 2.84. The molecule has 1 aliphatic rings. The first-order chi connectivity index (χ1) is 8.93. The SMILES string of the molecule is CCC[C@H](NC(=O)N(C)CC(=O)NC1CC1)C(=O)O. The van der Waals surface area contributed by atoms with Gasteiger partial charge in [0.2, 0.25) is 5.91 Å². The van der Waals surface area contributed by atoms with Gasteiger partial charge >= 0.3 is 12.0 Å². The Morgan fingerprint density at radius 3 is 2.47 bits per heavy atom. The highest BCUT2D eigenvalue weighted by molar-refractivity contribution is 5.86. The molecule has 1 saturated carbocycles. The summed E-state index contributed by atoms with van der Waals surface area (Å²) in [5.41, 5.74) is 0. The summed E-state index contributed by atoms with van der Waals surface area (Å²) in [4.78, 5) is 35.3. The molecule has 3 N–H and O–H groups in total. The number of nitrogens with one attached hydrogen (secondary N) is 2. The van der Waals surface area contributed by atoms with E-state index in [1.54, 1.807) is 0 Å². The van der Waals surface area contributed by atoms with Gasteiger partial charge in [0, 0.05) is 13.1 Å². The summed E-state index contributed by atoms with van der Waals surface area (Å²) in [5, 5.41) is 14.1. The number of amides is 3. The van der Waals surface area contributed by atoms with Gasteiger partial charge in [-0.1, -0.05) is 13.3 Å². The van der Waals surface area contributed by atoms with Gasteiger partial charge in [-0.25, -0.2) is 9.59 Å². The minimum absolute atomic E-state index is 0.0687. The minimum Gasteiger partial charge on any atom is -0.480 e. The number of aliphatic carboxylic acids is 1. The van der Waals surface area contributed by atoms with Gasteiger partial charge in [0.1, 0.15) is 12.6 Å². The van der Waals surface area contributed by atoms with E-state index < -0.39 is 18.0 Å². The van der Waals surface area contributed by atoms with E-state index >= 15 is 0 Å². The fourth-order valence-electron chi connectivity index (χ4n) is 1.59. The Labute approximate surface area is 112 Å². The molecule has 1 rings (SSSR count). The molecule has 0 heterocycles. The van der Waals surface area contributed by atoms with Crippen LogP contribution in [-0.4, -0.2) is 53.6 Å². The predicted octanol–water partition coefficient (Wildman–Crippen LogP) is 0.160. The maximum atomic E-state index is 11.7. The lowest BCUT2D eigenvalue weighted by atomic mass is 10.2. The molecule has 1 fully saturated rings. The smallest absolute Gasteiger partial charge is 0.326 e. The average Bonchev–Trinajstić information content (AvgIpc) is 3.11. The zero-order valence-electron chi connectivity index (χ0n) is 11.3. The fourth-order valence-corrected chi connectivity index (χ4v) is 1.59. The van der Waals surface area contributed by atoms with E-state index in [1.807, 2.05) is 6.92 Å². The van der Waals surface area contributed by atoms with Crippen LogP contribution in [0.5, 0.6) is 0 Å². The molecule has 0 aromatic rings. The van der Waals surface area contributed by atoms with Crippen molar-refractivity contribution >= 4 is 17.9 Å². The van der Waals surface area contributed by atoms with E-state index in [9.17, 15) is 14.4 Å². The molecule has 108 valence electrons. The normalized spacial score (nSPS) is 15.5. The Kier molecular flexibility index (Phi) is 5.59. The van der Waals surface area contributed by atoms with Gasteiger partial charge in [0.15, 0.2) is 0 Å². The van der Waals surface area contributed by atoms with Gasteiger partial charge < -0.3 is 20.6 Å². The minimum atomic E-state index is -1.06. The van der Waals surface area contributed by atoms with Gasteiger partial charge in [-0.3, -0.25) is 4.79 Å². The zero-order chi connectivity index (χ0) is 14.4. The molecule has 0 bridgehead atoms. The fraction of sp³-hybridized carbons (Fsp3) is 0.750. The Morgan fingerprint density at radius 1 is 1.37 bits per heavy atom. The molecule has 0 aromatic carbocycles. The van der Waals surface area contributed by atoms with Crippen LogP contribution < -0.4 is 10.6 Å². The van der Waals surface area contributed by atoms with Gasteiger partial charge in [-0.2, -0.15) is 0 Å². The molecule has 0 unspecified atom stereocenters. The van der Waals surface area contributed by atoms with Crippen molar-refractivity contribution in [3.05, 3.63) is 0 Å². The number of likely N-dealkylation sites (N-methyl/N-ethyl adjacent to an activating group) is 1. The standard InChI is InChI=1S/C12H21N3O4/c1-3-4-9(11(17)18)14-12(19)15(2)7-10(16)13-8-5-6-8/h8-9H,3-7H2,1-2H3,(H,13,16)(H,14,19)(H,17,18)/t9-/m0/s1. The number of urea groups is 1. The molecule has 0 radical (unpaired) electrons. The third kappa shape index (κ3) is 5.58. The van der Waals surface area contributed by atoms with Crippen LogP contribution in [0, 0.1) is 0 Å². The van der Waals surface area contributed by atoms with Crippen molar-refractivity contribution in [3.8, 4) is 0 Å². The summed E-state index contributed by atoms with van der Waals surface area (Å²) < 4.78 is 0. The van der Waals surface area contributed by atoms with Gasteiger partial charge in [-0.05, 0) is 19.3 Å². The van der Waals surface area contributed by atoms with E-state index in [0.717, 1.165) is 12.8 Å². The monoisotopic (exact) mass is 271 g/mol. The van der Waals surface area contributed by atoms with Crippen molar-refractivity contribution in [2.24, 2.45) is 0 Å². The first-order valence-corrected chi connectivity index (χ1v) is 6.47. The molecule has 3 amide bonds. The van der Waals surface area contributed by atoms with Crippen molar-refractivity contribution in [3.63, 3.8) is 0 Å². The number of hydrogen-bond acceptors (Lipinski definition) is 3. The van der Waals surface area contributed by atoms with E-state index in [2.05, 4.69) is 10.6 Å². The van der Waals surface area contributed by atoms with Crippen LogP contribution in [0.15, 0.2) is 0 Å². The summed E-state index contributed by atoms with van der Waals surface area (Å²) in [6.07, 6.45) is 2.99. The van der Waals surface area contributed by atoms with Gasteiger partial charge in [-0.15, -0.1) is 0 Å². The molecule has 0 aliphatic heterocycles. The van der Waals surface area contributed by atoms with Gasteiger partial charge in [0.25, 0.3) is 0 Å². The summed E-state index contributed by atoms with van der Waals surface area (Å²) in [6.45, 7) is 1.77. The van der Waals surface area contributed by atoms with Crippen LogP contribution in [0.4, 0.5) is 4.79 Å². The Hall–Kier alpha value is -1.79. The first-order valence-electron chi connectivity index (χ1n) is 6.47. The number of carboxylic acids is 1. The second-order valence-corrected chi connectivity index (χ2v) is 4.83. The summed E-state index contributed by atoms with van der Waals surface area (Å²) in [5.74, 6) is -1.28. The van der Waals surface area contributed by atoms with Gasteiger partial charge in [0.05, 0.1) is 0 Å². The molecule has 7 heteroatoms. The highest BCUT2D eigenvalue weighted by Crippen LogP contribution is 2.18. The highest BCUT2D eigenvalue weighted by Gasteiger charge is 2.25. The van der Waals surface area contributed by atoms with Crippen molar-refractivity contribution in [1.82, 2.24) is 15.5 Å². The first kappa shape index (κ1) is 15.3. The quantitative estimate of drug-likeness (QED) is 0.614. The van der Waals surface area contributed by atoms with Crippen LogP contribution in [0.25, 0.3) is 0 Å².